The van der Waals surface area contributed by atoms with Gasteiger partial charge in [0.05, 0.1) is 16.7 Å². The van der Waals surface area contributed by atoms with E-state index in [1.165, 1.54) is 11.3 Å². The summed E-state index contributed by atoms with van der Waals surface area (Å²) < 4.78 is 0. The number of carbonyl (C=O) groups is 1. The molecule has 5 heteroatoms. The van der Waals surface area contributed by atoms with Crippen molar-refractivity contribution in [1.29, 1.82) is 0 Å². The molecule has 0 unspecified atom stereocenters. The van der Waals surface area contributed by atoms with Gasteiger partial charge in [-0.2, -0.15) is 0 Å². The van der Waals surface area contributed by atoms with Crippen LogP contribution in [0.4, 0.5) is 0 Å². The van der Waals surface area contributed by atoms with E-state index < -0.39 is 0 Å². The van der Waals surface area contributed by atoms with Crippen LogP contribution in [-0.4, -0.2) is 22.8 Å². The third-order valence-corrected chi connectivity index (χ3v) is 4.66. The summed E-state index contributed by atoms with van der Waals surface area (Å²) in [7, 11) is 1.82. The Labute approximate surface area is 128 Å². The van der Waals surface area contributed by atoms with Crippen molar-refractivity contribution in [2.24, 2.45) is 0 Å². The van der Waals surface area contributed by atoms with Crippen LogP contribution >= 0.6 is 22.9 Å². The summed E-state index contributed by atoms with van der Waals surface area (Å²) in [6, 6.07) is 7.56. The van der Waals surface area contributed by atoms with Crippen LogP contribution in [0.15, 0.2) is 24.3 Å². The average Bonchev–Trinajstić information content (AvgIpc) is 2.76. The van der Waals surface area contributed by atoms with E-state index in [4.69, 9.17) is 11.6 Å². The van der Waals surface area contributed by atoms with Gasteiger partial charge in [0.2, 0.25) is 0 Å². The Balaban J connectivity index is 2.22. The Kier molecular flexibility index (Phi) is 4.45. The molecule has 1 aromatic carbocycles. The van der Waals surface area contributed by atoms with E-state index in [-0.39, 0.29) is 11.9 Å². The van der Waals surface area contributed by atoms with Gasteiger partial charge in [0.15, 0.2) is 0 Å². The van der Waals surface area contributed by atoms with Crippen molar-refractivity contribution in [2.75, 3.05) is 7.05 Å². The molecular weight excluding hydrogens is 292 g/mol. The molecule has 1 amide bonds. The summed E-state index contributed by atoms with van der Waals surface area (Å²) in [6.07, 6.45) is 0. The Morgan fingerprint density at radius 1 is 1.30 bits per heavy atom. The van der Waals surface area contributed by atoms with Crippen LogP contribution in [0, 0.1) is 13.8 Å². The van der Waals surface area contributed by atoms with Gasteiger partial charge in [0.25, 0.3) is 5.91 Å². The van der Waals surface area contributed by atoms with Gasteiger partial charge >= 0.3 is 0 Å². The molecule has 0 saturated heterocycles. The van der Waals surface area contributed by atoms with E-state index in [1.54, 1.807) is 4.90 Å². The van der Waals surface area contributed by atoms with E-state index >= 15 is 0 Å². The van der Waals surface area contributed by atoms with Gasteiger partial charge in [-0.15, -0.1) is 11.3 Å². The van der Waals surface area contributed by atoms with E-state index in [0.717, 1.165) is 16.3 Å². The molecular formula is C15H17ClN2OS. The molecule has 0 fully saturated rings. The van der Waals surface area contributed by atoms with Crippen LogP contribution in [-0.2, 0) is 0 Å². The molecule has 2 rings (SSSR count). The zero-order valence-corrected chi connectivity index (χ0v) is 13.5. The number of benzene rings is 1. The molecule has 1 heterocycles. The number of amides is 1. The molecule has 106 valence electrons. The first kappa shape index (κ1) is 15.0. The monoisotopic (exact) mass is 308 g/mol. The smallest absolute Gasteiger partial charge is 0.266 e. The van der Waals surface area contributed by atoms with Gasteiger partial charge in [-0.3, -0.25) is 4.79 Å². The second kappa shape index (κ2) is 5.94. The van der Waals surface area contributed by atoms with Gasteiger partial charge < -0.3 is 4.90 Å². The van der Waals surface area contributed by atoms with Crippen molar-refractivity contribution in [2.45, 2.75) is 26.8 Å². The van der Waals surface area contributed by atoms with Crippen molar-refractivity contribution in [3.63, 3.8) is 0 Å². The van der Waals surface area contributed by atoms with E-state index in [1.807, 2.05) is 52.1 Å². The van der Waals surface area contributed by atoms with E-state index in [2.05, 4.69) is 4.98 Å². The van der Waals surface area contributed by atoms with Crippen molar-refractivity contribution >= 4 is 28.8 Å². The molecule has 1 aromatic heterocycles. The van der Waals surface area contributed by atoms with Crippen LogP contribution < -0.4 is 0 Å². The first-order valence-electron chi connectivity index (χ1n) is 6.36. The SMILES string of the molecule is Cc1nc(C)c(C(=O)N(C)[C@@H](C)c2ccc(Cl)cc2)s1. The molecule has 0 aliphatic carbocycles. The molecule has 0 N–H and O–H groups in total. The number of aryl methyl sites for hydroxylation is 2. The fourth-order valence-corrected chi connectivity index (χ4v) is 3.06. The second-order valence-electron chi connectivity index (χ2n) is 4.79. The third-order valence-electron chi connectivity index (χ3n) is 3.35. The Morgan fingerprint density at radius 3 is 2.40 bits per heavy atom. The number of hydrogen-bond acceptors (Lipinski definition) is 3. The number of hydrogen-bond donors (Lipinski definition) is 0. The lowest BCUT2D eigenvalue weighted by Gasteiger charge is -2.25. The van der Waals surface area contributed by atoms with Crippen molar-refractivity contribution in [3.05, 3.63) is 50.4 Å². The molecule has 0 saturated carbocycles. The summed E-state index contributed by atoms with van der Waals surface area (Å²) in [6.45, 7) is 5.79. The number of aromatic nitrogens is 1. The lowest BCUT2D eigenvalue weighted by atomic mass is 10.1. The number of nitrogens with zero attached hydrogens (tertiary/aromatic N) is 2. The highest BCUT2D eigenvalue weighted by Crippen LogP contribution is 2.25. The highest BCUT2D eigenvalue weighted by atomic mass is 35.5. The zero-order valence-electron chi connectivity index (χ0n) is 12.0. The van der Waals surface area contributed by atoms with Crippen molar-refractivity contribution in [3.8, 4) is 0 Å². The van der Waals surface area contributed by atoms with Crippen molar-refractivity contribution < 1.29 is 4.79 Å². The first-order valence-corrected chi connectivity index (χ1v) is 7.56. The molecule has 2 aromatic rings. The van der Waals surface area contributed by atoms with E-state index in [0.29, 0.717) is 9.90 Å². The number of rotatable bonds is 3. The Morgan fingerprint density at radius 2 is 1.90 bits per heavy atom. The van der Waals surface area contributed by atoms with Gasteiger partial charge in [-0.25, -0.2) is 4.98 Å². The molecule has 0 aliphatic heterocycles. The fraction of sp³-hybridized carbons (Fsp3) is 0.333. The average molecular weight is 309 g/mol. The standard InChI is InChI=1S/C15H17ClN2OS/c1-9-14(20-11(3)17-9)15(19)18(4)10(2)12-5-7-13(16)8-6-12/h5-8,10H,1-4H3/t10-/m0/s1. The number of carbonyl (C=O) groups excluding carboxylic acids is 1. The van der Waals surface area contributed by atoms with Crippen LogP contribution in [0.1, 0.15) is 38.9 Å². The van der Waals surface area contributed by atoms with Gasteiger partial charge in [0.1, 0.15) is 4.88 Å². The lowest BCUT2D eigenvalue weighted by Crippen LogP contribution is -2.29. The number of thiazole rings is 1. The predicted molar refractivity (Wildman–Crippen MR) is 83.5 cm³/mol. The summed E-state index contributed by atoms with van der Waals surface area (Å²) in [5.41, 5.74) is 1.86. The zero-order chi connectivity index (χ0) is 14.9. The summed E-state index contributed by atoms with van der Waals surface area (Å²) >= 11 is 7.33. The molecule has 1 atom stereocenters. The fourth-order valence-electron chi connectivity index (χ4n) is 2.03. The van der Waals surface area contributed by atoms with Crippen molar-refractivity contribution in [1.82, 2.24) is 9.88 Å². The maximum absolute atomic E-state index is 12.5. The third kappa shape index (κ3) is 3.02. The summed E-state index contributed by atoms with van der Waals surface area (Å²) in [5, 5.41) is 1.61. The van der Waals surface area contributed by atoms with E-state index in [9.17, 15) is 4.79 Å². The Bertz CT molecular complexity index is 621. The normalized spacial score (nSPS) is 12.2. The minimum absolute atomic E-state index is 0.00977. The van der Waals surface area contributed by atoms with Crippen LogP contribution in [0.5, 0.6) is 0 Å². The predicted octanol–water partition coefficient (Wildman–Crippen LogP) is 4.25. The van der Waals surface area contributed by atoms with Gasteiger partial charge in [0, 0.05) is 12.1 Å². The number of halogens is 1. The molecule has 0 radical (unpaired) electrons. The van der Waals surface area contributed by atoms with Gasteiger partial charge in [-0.05, 0) is 38.5 Å². The largest absolute Gasteiger partial charge is 0.334 e. The maximum atomic E-state index is 12.5. The van der Waals surface area contributed by atoms with Gasteiger partial charge in [-0.1, -0.05) is 23.7 Å². The Hall–Kier alpha value is -1.39. The minimum Gasteiger partial charge on any atom is -0.334 e. The highest BCUT2D eigenvalue weighted by Gasteiger charge is 2.22. The quantitative estimate of drug-likeness (QED) is 0.849. The maximum Gasteiger partial charge on any atom is 0.266 e. The lowest BCUT2D eigenvalue weighted by molar-refractivity contribution is 0.0746. The summed E-state index contributed by atoms with van der Waals surface area (Å²) in [4.78, 5) is 19.3. The molecule has 20 heavy (non-hydrogen) atoms. The van der Waals surface area contributed by atoms with Crippen LogP contribution in [0.3, 0.4) is 0 Å². The topological polar surface area (TPSA) is 33.2 Å². The van der Waals surface area contributed by atoms with Crippen LogP contribution in [0.2, 0.25) is 5.02 Å². The molecule has 0 aliphatic rings. The molecule has 0 bridgehead atoms. The summed E-state index contributed by atoms with van der Waals surface area (Å²) in [5.74, 6) is 0.00977. The van der Waals surface area contributed by atoms with Crippen LogP contribution in [0.25, 0.3) is 0 Å². The first-order chi connectivity index (χ1) is 9.40. The highest BCUT2D eigenvalue weighted by molar-refractivity contribution is 7.13. The molecule has 3 nitrogen and oxygen atoms in total. The molecule has 0 spiro atoms. The minimum atomic E-state index is -0.0124. The second-order valence-corrected chi connectivity index (χ2v) is 6.43.